The van der Waals surface area contributed by atoms with Gasteiger partial charge in [-0.15, -0.1) is 0 Å². The minimum absolute atomic E-state index is 0.238. The standard InChI is InChI=1S/C24H30N6O3/c1-3-29(4-2)16-18-12-14-30(28-18)23-19(11-8-13-26-23)24(33)27-20(21(31)22(25)32)15-17-9-6-5-7-10-17/h5-14,20-21,31H,3-4,15-16H2,1-2H3,(H2,25,32)(H,27,33). The van der Waals surface area contributed by atoms with Crippen LogP contribution in [0.1, 0.15) is 35.5 Å². The van der Waals surface area contributed by atoms with Gasteiger partial charge in [0.25, 0.3) is 5.91 Å². The molecule has 2 aromatic heterocycles. The number of aromatic nitrogens is 3. The van der Waals surface area contributed by atoms with Crippen molar-refractivity contribution in [1.82, 2.24) is 25.0 Å². The summed E-state index contributed by atoms with van der Waals surface area (Å²) in [6, 6.07) is 13.5. The molecule has 0 saturated heterocycles. The van der Waals surface area contributed by atoms with Crippen LogP contribution < -0.4 is 11.1 Å². The van der Waals surface area contributed by atoms with Crippen molar-refractivity contribution in [2.75, 3.05) is 13.1 Å². The molecular formula is C24H30N6O3. The zero-order valence-electron chi connectivity index (χ0n) is 18.9. The van der Waals surface area contributed by atoms with Crippen molar-refractivity contribution >= 4 is 11.8 Å². The maximum absolute atomic E-state index is 13.2. The van der Waals surface area contributed by atoms with Gasteiger partial charge < -0.3 is 16.2 Å². The van der Waals surface area contributed by atoms with Crippen LogP contribution in [0.3, 0.4) is 0 Å². The Labute approximate surface area is 193 Å². The zero-order valence-corrected chi connectivity index (χ0v) is 18.9. The minimum Gasteiger partial charge on any atom is -0.381 e. The van der Waals surface area contributed by atoms with Crippen molar-refractivity contribution in [2.24, 2.45) is 5.73 Å². The first kappa shape index (κ1) is 24.1. The normalized spacial score (nSPS) is 13.0. The summed E-state index contributed by atoms with van der Waals surface area (Å²) in [7, 11) is 0. The summed E-state index contributed by atoms with van der Waals surface area (Å²) >= 11 is 0. The monoisotopic (exact) mass is 450 g/mol. The van der Waals surface area contributed by atoms with Gasteiger partial charge in [0.15, 0.2) is 11.9 Å². The number of carbonyl (C=O) groups excluding carboxylic acids is 2. The van der Waals surface area contributed by atoms with E-state index < -0.39 is 24.0 Å². The van der Waals surface area contributed by atoms with E-state index >= 15 is 0 Å². The lowest BCUT2D eigenvalue weighted by Crippen LogP contribution is -2.50. The van der Waals surface area contributed by atoms with Crippen LogP contribution in [0.5, 0.6) is 0 Å². The molecular weight excluding hydrogens is 420 g/mol. The largest absolute Gasteiger partial charge is 0.381 e. The van der Waals surface area contributed by atoms with E-state index in [0.717, 1.165) is 24.3 Å². The van der Waals surface area contributed by atoms with E-state index in [1.807, 2.05) is 36.4 Å². The predicted octanol–water partition coefficient (Wildman–Crippen LogP) is 1.30. The molecule has 0 fully saturated rings. The van der Waals surface area contributed by atoms with Crippen LogP contribution in [0.25, 0.3) is 5.82 Å². The molecule has 2 unspecified atom stereocenters. The van der Waals surface area contributed by atoms with Gasteiger partial charge >= 0.3 is 0 Å². The van der Waals surface area contributed by atoms with Crippen molar-refractivity contribution in [2.45, 2.75) is 39.0 Å². The molecule has 174 valence electrons. The molecule has 3 rings (SSSR count). The summed E-state index contributed by atoms with van der Waals surface area (Å²) in [4.78, 5) is 31.4. The summed E-state index contributed by atoms with van der Waals surface area (Å²) < 4.78 is 1.56. The van der Waals surface area contributed by atoms with E-state index in [1.54, 1.807) is 29.2 Å². The summed E-state index contributed by atoms with van der Waals surface area (Å²) in [5, 5.41) is 17.7. The first-order valence-corrected chi connectivity index (χ1v) is 11.0. The summed E-state index contributed by atoms with van der Waals surface area (Å²) in [6.45, 7) is 6.69. The highest BCUT2D eigenvalue weighted by Gasteiger charge is 2.27. The van der Waals surface area contributed by atoms with Gasteiger partial charge in [-0.3, -0.25) is 14.5 Å². The quantitative estimate of drug-likeness (QED) is 0.404. The smallest absolute Gasteiger partial charge is 0.255 e. The summed E-state index contributed by atoms with van der Waals surface area (Å²) in [5.74, 6) is -1.04. The van der Waals surface area contributed by atoms with Crippen molar-refractivity contribution in [1.29, 1.82) is 0 Å². The Bertz CT molecular complexity index is 1060. The summed E-state index contributed by atoms with van der Waals surface area (Å²) in [6.07, 6.45) is 2.04. The fourth-order valence-electron chi connectivity index (χ4n) is 3.55. The highest BCUT2D eigenvalue weighted by molar-refractivity contribution is 5.97. The molecule has 9 nitrogen and oxygen atoms in total. The van der Waals surface area contributed by atoms with Gasteiger partial charge in [-0.1, -0.05) is 44.2 Å². The topological polar surface area (TPSA) is 126 Å². The number of hydrogen-bond donors (Lipinski definition) is 3. The Kier molecular flexibility index (Phi) is 8.28. The van der Waals surface area contributed by atoms with E-state index in [4.69, 9.17) is 5.73 Å². The third-order valence-electron chi connectivity index (χ3n) is 5.46. The number of amides is 2. The number of primary amides is 1. The van der Waals surface area contributed by atoms with Crippen molar-refractivity contribution in [3.63, 3.8) is 0 Å². The van der Waals surface area contributed by atoms with Gasteiger partial charge in [0.1, 0.15) is 0 Å². The molecule has 4 N–H and O–H groups in total. The highest BCUT2D eigenvalue weighted by Crippen LogP contribution is 2.14. The number of aliphatic hydroxyl groups is 1. The molecule has 0 radical (unpaired) electrons. The van der Waals surface area contributed by atoms with Gasteiger partial charge in [0.2, 0.25) is 5.91 Å². The van der Waals surface area contributed by atoms with Crippen molar-refractivity contribution in [3.05, 3.63) is 77.7 Å². The van der Waals surface area contributed by atoms with Crippen LogP contribution in [-0.4, -0.2) is 61.8 Å². The lowest BCUT2D eigenvalue weighted by molar-refractivity contribution is -0.127. The number of pyridine rings is 1. The molecule has 0 aliphatic carbocycles. The molecule has 9 heteroatoms. The number of nitrogens with zero attached hydrogens (tertiary/aromatic N) is 4. The Hall–Kier alpha value is -3.56. The molecule has 2 heterocycles. The number of nitrogens with two attached hydrogens (primary N) is 1. The number of carbonyl (C=O) groups is 2. The van der Waals surface area contributed by atoms with Crippen molar-refractivity contribution in [3.8, 4) is 5.82 Å². The number of aliphatic hydroxyl groups excluding tert-OH is 1. The van der Waals surface area contributed by atoms with Crippen LogP contribution in [0.15, 0.2) is 60.9 Å². The molecule has 0 aliphatic rings. The highest BCUT2D eigenvalue weighted by atomic mass is 16.3. The third kappa shape index (κ3) is 6.24. The van der Waals surface area contributed by atoms with Gasteiger partial charge in [-0.25, -0.2) is 9.67 Å². The van der Waals surface area contributed by atoms with Crippen LogP contribution in [-0.2, 0) is 17.8 Å². The molecule has 1 aromatic carbocycles. The number of hydrogen-bond acceptors (Lipinski definition) is 6. The van der Waals surface area contributed by atoms with Crippen LogP contribution in [0.4, 0.5) is 0 Å². The number of benzene rings is 1. The Balaban J connectivity index is 1.83. The Morgan fingerprint density at radius 1 is 1.12 bits per heavy atom. The second kappa shape index (κ2) is 11.3. The van der Waals surface area contributed by atoms with Gasteiger partial charge in [-0.2, -0.15) is 5.10 Å². The molecule has 2 amide bonds. The predicted molar refractivity (Wildman–Crippen MR) is 125 cm³/mol. The number of nitrogens with one attached hydrogen (secondary N) is 1. The molecule has 33 heavy (non-hydrogen) atoms. The second-order valence-electron chi connectivity index (χ2n) is 7.70. The van der Waals surface area contributed by atoms with Gasteiger partial charge in [0, 0.05) is 18.9 Å². The maximum atomic E-state index is 13.2. The summed E-state index contributed by atoms with van der Waals surface area (Å²) in [5.41, 5.74) is 7.30. The van der Waals surface area contributed by atoms with Crippen LogP contribution in [0.2, 0.25) is 0 Å². The average Bonchev–Trinajstić information content (AvgIpc) is 3.30. The van der Waals surface area contributed by atoms with E-state index in [9.17, 15) is 14.7 Å². The first-order chi connectivity index (χ1) is 15.9. The first-order valence-electron chi connectivity index (χ1n) is 11.0. The van der Waals surface area contributed by atoms with E-state index in [2.05, 4.69) is 34.1 Å². The lowest BCUT2D eigenvalue weighted by Gasteiger charge is -2.22. The molecule has 3 aromatic rings. The number of rotatable bonds is 11. The van der Waals surface area contributed by atoms with E-state index in [-0.39, 0.29) is 12.0 Å². The van der Waals surface area contributed by atoms with Crippen molar-refractivity contribution < 1.29 is 14.7 Å². The average molecular weight is 451 g/mol. The molecule has 0 saturated carbocycles. The SMILES string of the molecule is CCN(CC)Cc1ccn(-c2ncccc2C(=O)NC(Cc2ccccc2)C(O)C(N)=O)n1. The molecule has 2 atom stereocenters. The molecule has 0 spiro atoms. The van der Waals surface area contributed by atoms with E-state index in [1.165, 1.54) is 0 Å². The maximum Gasteiger partial charge on any atom is 0.255 e. The van der Waals surface area contributed by atoms with Gasteiger partial charge in [0.05, 0.1) is 17.3 Å². The van der Waals surface area contributed by atoms with Crippen LogP contribution in [0, 0.1) is 0 Å². The lowest BCUT2D eigenvalue weighted by atomic mass is 10.0. The van der Waals surface area contributed by atoms with Crippen LogP contribution >= 0.6 is 0 Å². The minimum atomic E-state index is -1.54. The Morgan fingerprint density at radius 2 is 1.85 bits per heavy atom. The third-order valence-corrected chi connectivity index (χ3v) is 5.46. The zero-order chi connectivity index (χ0) is 23.8. The van der Waals surface area contributed by atoms with Gasteiger partial charge in [-0.05, 0) is 43.3 Å². The fourth-order valence-corrected chi connectivity index (χ4v) is 3.55. The molecule has 0 aliphatic heterocycles. The molecule has 0 bridgehead atoms. The Morgan fingerprint density at radius 3 is 2.52 bits per heavy atom. The fraction of sp³-hybridized carbons (Fsp3) is 0.333. The second-order valence-corrected chi connectivity index (χ2v) is 7.70. The van der Waals surface area contributed by atoms with E-state index in [0.29, 0.717) is 12.4 Å².